The Morgan fingerprint density at radius 1 is 1.20 bits per heavy atom. The maximum absolute atomic E-state index is 12.9. The molecule has 0 fully saturated rings. The van der Waals surface area contributed by atoms with Crippen LogP contribution in [0.15, 0.2) is 23.6 Å². The number of anilines is 1. The highest BCUT2D eigenvalue weighted by Gasteiger charge is 2.20. The van der Waals surface area contributed by atoms with Gasteiger partial charge in [-0.2, -0.15) is 0 Å². The highest BCUT2D eigenvalue weighted by atomic mass is 32.1. The summed E-state index contributed by atoms with van der Waals surface area (Å²) in [4.78, 5) is 31.4. The summed E-state index contributed by atoms with van der Waals surface area (Å²) in [5, 5.41) is 8.39. The largest absolute Gasteiger partial charge is 0.383 e. The van der Waals surface area contributed by atoms with Crippen molar-refractivity contribution in [1.29, 1.82) is 0 Å². The number of rotatable bonds is 9. The van der Waals surface area contributed by atoms with Crippen LogP contribution in [0.25, 0.3) is 0 Å². The number of nitrogens with zero attached hydrogens (tertiary/aromatic N) is 2. The molecule has 30 heavy (non-hydrogen) atoms. The van der Waals surface area contributed by atoms with Crippen molar-refractivity contribution in [2.45, 2.75) is 47.2 Å². The minimum Gasteiger partial charge on any atom is -0.383 e. The summed E-state index contributed by atoms with van der Waals surface area (Å²) < 4.78 is 5.16. The Labute approximate surface area is 182 Å². The summed E-state index contributed by atoms with van der Waals surface area (Å²) in [7, 11) is 1.60. The van der Waals surface area contributed by atoms with Crippen LogP contribution in [-0.2, 0) is 11.3 Å². The molecule has 0 aliphatic heterocycles. The third-order valence-electron chi connectivity index (χ3n) is 5.03. The highest BCUT2D eigenvalue weighted by Crippen LogP contribution is 2.21. The number of carbonyl (C=O) groups excluding carboxylic acids is 2. The average molecular weight is 433 g/mol. The van der Waals surface area contributed by atoms with Crippen LogP contribution >= 0.6 is 11.3 Å². The molecule has 164 valence electrons. The van der Waals surface area contributed by atoms with E-state index in [1.54, 1.807) is 17.4 Å². The zero-order chi connectivity index (χ0) is 22.3. The maximum Gasteiger partial charge on any atom is 0.322 e. The quantitative estimate of drug-likeness (QED) is 0.622. The zero-order valence-corrected chi connectivity index (χ0v) is 19.4. The summed E-state index contributed by atoms with van der Waals surface area (Å²) in [6, 6.07) is 5.73. The predicted molar refractivity (Wildman–Crippen MR) is 121 cm³/mol. The van der Waals surface area contributed by atoms with Crippen LogP contribution in [0.4, 0.5) is 10.5 Å². The van der Waals surface area contributed by atoms with Crippen molar-refractivity contribution in [2.75, 3.05) is 25.6 Å². The fourth-order valence-corrected chi connectivity index (χ4v) is 3.54. The number of benzene rings is 1. The van der Waals surface area contributed by atoms with E-state index >= 15 is 0 Å². The number of ether oxygens (including phenoxy) is 1. The second kappa shape index (κ2) is 11.1. The van der Waals surface area contributed by atoms with Gasteiger partial charge in [-0.15, -0.1) is 11.3 Å². The third-order valence-corrected chi connectivity index (χ3v) is 5.87. The number of hydrogen-bond donors (Lipinski definition) is 2. The molecule has 0 saturated carbocycles. The topological polar surface area (TPSA) is 83.6 Å². The van der Waals surface area contributed by atoms with Crippen LogP contribution in [0.3, 0.4) is 0 Å². The first-order chi connectivity index (χ1) is 14.2. The summed E-state index contributed by atoms with van der Waals surface area (Å²) in [6.07, 6.45) is 0. The average Bonchev–Trinajstić information content (AvgIpc) is 3.16. The number of aromatic nitrogens is 1. The second-order valence-electron chi connectivity index (χ2n) is 7.74. The molecule has 2 N–H and O–H groups in total. The number of methoxy groups -OCH3 is 1. The number of hydrogen-bond acceptors (Lipinski definition) is 5. The Hall–Kier alpha value is -2.45. The molecule has 2 aromatic rings. The first kappa shape index (κ1) is 23.8. The summed E-state index contributed by atoms with van der Waals surface area (Å²) in [6.45, 7) is 11.1. The number of amides is 3. The Kier molecular flexibility index (Phi) is 8.80. The zero-order valence-electron chi connectivity index (χ0n) is 18.6. The number of carbonyl (C=O) groups is 2. The van der Waals surface area contributed by atoms with Crippen molar-refractivity contribution in [3.8, 4) is 0 Å². The number of urea groups is 1. The molecular weight excluding hydrogens is 400 g/mol. The van der Waals surface area contributed by atoms with E-state index in [4.69, 9.17) is 4.74 Å². The van der Waals surface area contributed by atoms with E-state index in [2.05, 4.69) is 29.5 Å². The van der Waals surface area contributed by atoms with Crippen molar-refractivity contribution in [2.24, 2.45) is 5.92 Å². The standard InChI is InChI=1S/C22H32N4O3S/c1-14(2)17(5)23-21(27)18-13-30-19(24-18)12-26(10-11-29-6)22(28)25-20-15(3)8-7-9-16(20)4/h7-9,13-14,17H,10-12H2,1-6H3,(H,23,27)(H,25,28). The Morgan fingerprint density at radius 3 is 2.47 bits per heavy atom. The predicted octanol–water partition coefficient (Wildman–Crippen LogP) is 4.21. The number of para-hydroxylation sites is 1. The lowest BCUT2D eigenvalue weighted by Crippen LogP contribution is -2.37. The molecule has 1 aromatic carbocycles. The molecule has 2 rings (SSSR count). The van der Waals surface area contributed by atoms with E-state index in [9.17, 15) is 9.59 Å². The lowest BCUT2D eigenvalue weighted by Gasteiger charge is -2.23. The van der Waals surface area contributed by atoms with E-state index in [1.165, 1.54) is 11.3 Å². The number of aryl methyl sites for hydroxylation is 2. The minimum atomic E-state index is -0.223. The third kappa shape index (κ3) is 6.53. The van der Waals surface area contributed by atoms with E-state index in [-0.39, 0.29) is 18.0 Å². The van der Waals surface area contributed by atoms with E-state index < -0.39 is 0 Å². The lowest BCUT2D eigenvalue weighted by molar-refractivity contribution is 0.0926. The van der Waals surface area contributed by atoms with Crippen LogP contribution in [0.5, 0.6) is 0 Å². The lowest BCUT2D eigenvalue weighted by atomic mass is 10.1. The molecule has 0 aliphatic carbocycles. The first-order valence-corrected chi connectivity index (χ1v) is 11.0. The molecule has 1 unspecified atom stereocenters. The molecule has 3 amide bonds. The molecular formula is C22H32N4O3S. The van der Waals surface area contributed by atoms with Gasteiger partial charge in [0, 0.05) is 30.8 Å². The van der Waals surface area contributed by atoms with E-state index in [0.717, 1.165) is 16.8 Å². The van der Waals surface area contributed by atoms with Gasteiger partial charge in [-0.3, -0.25) is 4.79 Å². The van der Waals surface area contributed by atoms with Crippen LogP contribution in [-0.4, -0.2) is 48.1 Å². The molecule has 8 heteroatoms. The Bertz CT molecular complexity index is 846. The van der Waals surface area contributed by atoms with Gasteiger partial charge in [0.2, 0.25) is 0 Å². The molecule has 0 aliphatic rings. The summed E-state index contributed by atoms with van der Waals surface area (Å²) >= 11 is 1.37. The van der Waals surface area contributed by atoms with Crippen molar-refractivity contribution in [3.05, 3.63) is 45.4 Å². The van der Waals surface area contributed by atoms with Crippen molar-refractivity contribution < 1.29 is 14.3 Å². The fraction of sp³-hybridized carbons (Fsp3) is 0.500. The Morgan fingerprint density at radius 2 is 1.87 bits per heavy atom. The Balaban J connectivity index is 2.10. The fourth-order valence-electron chi connectivity index (χ4n) is 2.75. The van der Waals surface area contributed by atoms with Crippen LogP contribution in [0, 0.1) is 19.8 Å². The van der Waals surface area contributed by atoms with Crippen LogP contribution in [0.1, 0.15) is 47.4 Å². The molecule has 1 heterocycles. The van der Waals surface area contributed by atoms with Gasteiger partial charge in [-0.1, -0.05) is 32.0 Å². The molecule has 1 atom stereocenters. The smallest absolute Gasteiger partial charge is 0.322 e. The van der Waals surface area contributed by atoms with E-state index in [0.29, 0.717) is 36.3 Å². The van der Waals surface area contributed by atoms with Gasteiger partial charge >= 0.3 is 6.03 Å². The van der Waals surface area contributed by atoms with Crippen molar-refractivity contribution >= 4 is 29.0 Å². The second-order valence-corrected chi connectivity index (χ2v) is 8.69. The van der Waals surface area contributed by atoms with Gasteiger partial charge in [0.15, 0.2) is 0 Å². The van der Waals surface area contributed by atoms with Gasteiger partial charge in [0.05, 0.1) is 13.2 Å². The summed E-state index contributed by atoms with van der Waals surface area (Å²) in [5.74, 6) is 0.146. The van der Waals surface area contributed by atoms with Gasteiger partial charge in [0.1, 0.15) is 10.7 Å². The minimum absolute atomic E-state index is 0.0592. The van der Waals surface area contributed by atoms with E-state index in [1.807, 2.05) is 39.0 Å². The molecule has 0 radical (unpaired) electrons. The molecule has 0 spiro atoms. The molecule has 0 saturated heterocycles. The van der Waals surface area contributed by atoms with Crippen molar-refractivity contribution in [3.63, 3.8) is 0 Å². The van der Waals surface area contributed by atoms with Crippen molar-refractivity contribution in [1.82, 2.24) is 15.2 Å². The van der Waals surface area contributed by atoms with Gasteiger partial charge in [0.25, 0.3) is 5.91 Å². The monoisotopic (exact) mass is 432 g/mol. The van der Waals surface area contributed by atoms with Gasteiger partial charge < -0.3 is 20.3 Å². The molecule has 0 bridgehead atoms. The summed E-state index contributed by atoms with van der Waals surface area (Å²) in [5.41, 5.74) is 3.20. The maximum atomic E-state index is 12.9. The normalized spacial score (nSPS) is 12.0. The molecule has 1 aromatic heterocycles. The van der Waals surface area contributed by atoms with Crippen LogP contribution < -0.4 is 10.6 Å². The molecule has 7 nitrogen and oxygen atoms in total. The van der Waals surface area contributed by atoms with Crippen LogP contribution in [0.2, 0.25) is 0 Å². The number of nitrogens with one attached hydrogen (secondary N) is 2. The SMILES string of the molecule is COCCN(Cc1nc(C(=O)NC(C)C(C)C)cs1)C(=O)Nc1c(C)cccc1C. The number of thiazole rings is 1. The highest BCUT2D eigenvalue weighted by molar-refractivity contribution is 7.09. The van der Waals surface area contributed by atoms with Gasteiger partial charge in [-0.05, 0) is 37.8 Å². The van der Waals surface area contributed by atoms with Gasteiger partial charge in [-0.25, -0.2) is 9.78 Å². The first-order valence-electron chi connectivity index (χ1n) is 10.1.